The van der Waals surface area contributed by atoms with Crippen molar-refractivity contribution in [3.63, 3.8) is 0 Å². The number of carboxylic acids is 1. The van der Waals surface area contributed by atoms with Gasteiger partial charge >= 0.3 is 5.97 Å². The van der Waals surface area contributed by atoms with E-state index in [2.05, 4.69) is 5.32 Å². The second kappa shape index (κ2) is 5.48. The SMILES string of the molecule is NC1(C(=O)O)CCCC(SCC(=O)NC2CC2)C1. The molecule has 102 valence electrons. The molecule has 0 spiro atoms. The van der Waals surface area contributed by atoms with Crippen molar-refractivity contribution in [1.29, 1.82) is 0 Å². The number of thioether (sulfide) groups is 1. The Bertz CT molecular complexity index is 346. The highest BCUT2D eigenvalue weighted by atomic mass is 32.2. The van der Waals surface area contributed by atoms with Crippen molar-refractivity contribution in [2.24, 2.45) is 5.73 Å². The van der Waals surface area contributed by atoms with Gasteiger partial charge in [0.05, 0.1) is 5.75 Å². The predicted molar refractivity (Wildman–Crippen MR) is 70.4 cm³/mol. The lowest BCUT2D eigenvalue weighted by molar-refractivity contribution is -0.144. The molecule has 0 aliphatic heterocycles. The summed E-state index contributed by atoms with van der Waals surface area (Å²) < 4.78 is 0. The zero-order valence-corrected chi connectivity index (χ0v) is 11.2. The molecule has 2 aliphatic carbocycles. The molecule has 0 radical (unpaired) electrons. The molecule has 6 heteroatoms. The molecule has 0 aromatic carbocycles. The number of nitrogens with two attached hydrogens (primary N) is 1. The van der Waals surface area contributed by atoms with Crippen LogP contribution in [0, 0.1) is 0 Å². The van der Waals surface area contributed by atoms with Crippen LogP contribution in [-0.2, 0) is 9.59 Å². The zero-order valence-electron chi connectivity index (χ0n) is 10.4. The van der Waals surface area contributed by atoms with E-state index in [-0.39, 0.29) is 11.2 Å². The lowest BCUT2D eigenvalue weighted by atomic mass is 9.82. The second-order valence-electron chi connectivity index (χ2n) is 5.33. The monoisotopic (exact) mass is 272 g/mol. The van der Waals surface area contributed by atoms with Crippen molar-refractivity contribution in [3.8, 4) is 0 Å². The molecule has 2 fully saturated rings. The number of amides is 1. The Morgan fingerprint density at radius 3 is 2.72 bits per heavy atom. The van der Waals surface area contributed by atoms with Gasteiger partial charge in [0.2, 0.25) is 5.91 Å². The largest absolute Gasteiger partial charge is 0.480 e. The van der Waals surface area contributed by atoms with Crippen LogP contribution in [0.5, 0.6) is 0 Å². The number of rotatable bonds is 5. The number of carboxylic acid groups (broad SMARTS) is 1. The normalized spacial score (nSPS) is 31.9. The standard InChI is InChI=1S/C12H20N2O3S/c13-12(11(16)17)5-1-2-9(6-12)18-7-10(15)14-8-3-4-8/h8-9H,1-7,13H2,(H,14,15)(H,16,17). The molecule has 5 nitrogen and oxygen atoms in total. The van der Waals surface area contributed by atoms with Crippen LogP contribution in [0.3, 0.4) is 0 Å². The third kappa shape index (κ3) is 3.62. The lowest BCUT2D eigenvalue weighted by Gasteiger charge is -2.34. The van der Waals surface area contributed by atoms with E-state index < -0.39 is 11.5 Å². The van der Waals surface area contributed by atoms with Crippen molar-refractivity contribution in [1.82, 2.24) is 5.32 Å². The Morgan fingerprint density at radius 1 is 1.39 bits per heavy atom. The molecule has 2 atom stereocenters. The Labute approximate surface area is 111 Å². The first-order chi connectivity index (χ1) is 8.49. The maximum absolute atomic E-state index is 11.6. The summed E-state index contributed by atoms with van der Waals surface area (Å²) in [6, 6.07) is 0.386. The highest BCUT2D eigenvalue weighted by Crippen LogP contribution is 2.33. The second-order valence-corrected chi connectivity index (χ2v) is 6.62. The highest BCUT2D eigenvalue weighted by molar-refractivity contribution is 8.00. The van der Waals surface area contributed by atoms with Crippen LogP contribution in [0.2, 0.25) is 0 Å². The molecule has 4 N–H and O–H groups in total. The van der Waals surface area contributed by atoms with Crippen LogP contribution in [0.25, 0.3) is 0 Å². The summed E-state index contributed by atoms with van der Waals surface area (Å²) in [7, 11) is 0. The van der Waals surface area contributed by atoms with Gasteiger partial charge in [0.25, 0.3) is 0 Å². The Morgan fingerprint density at radius 2 is 2.11 bits per heavy atom. The van der Waals surface area contributed by atoms with Crippen molar-refractivity contribution < 1.29 is 14.7 Å². The summed E-state index contributed by atoms with van der Waals surface area (Å²) >= 11 is 1.54. The fourth-order valence-corrected chi connectivity index (χ4v) is 3.50. The first kappa shape index (κ1) is 13.7. The van der Waals surface area contributed by atoms with Gasteiger partial charge in [0, 0.05) is 11.3 Å². The molecule has 0 heterocycles. The number of hydrogen-bond acceptors (Lipinski definition) is 4. The lowest BCUT2D eigenvalue weighted by Crippen LogP contribution is -2.52. The molecule has 18 heavy (non-hydrogen) atoms. The van der Waals surface area contributed by atoms with Gasteiger partial charge in [-0.25, -0.2) is 0 Å². The van der Waals surface area contributed by atoms with E-state index >= 15 is 0 Å². The van der Waals surface area contributed by atoms with Crippen LogP contribution in [0.1, 0.15) is 38.5 Å². The van der Waals surface area contributed by atoms with E-state index in [0.29, 0.717) is 24.6 Å². The first-order valence-electron chi connectivity index (χ1n) is 6.43. The third-order valence-corrected chi connectivity index (χ3v) is 4.86. The summed E-state index contributed by atoms with van der Waals surface area (Å²) in [6.07, 6.45) is 4.95. The van der Waals surface area contributed by atoms with Gasteiger partial charge in [-0.3, -0.25) is 9.59 Å². The number of carbonyl (C=O) groups is 2. The summed E-state index contributed by atoms with van der Waals surface area (Å²) in [5, 5.41) is 12.2. The molecule has 2 saturated carbocycles. The van der Waals surface area contributed by atoms with Crippen LogP contribution in [-0.4, -0.2) is 39.6 Å². The molecular weight excluding hydrogens is 252 g/mol. The number of hydrogen-bond donors (Lipinski definition) is 3. The van der Waals surface area contributed by atoms with Gasteiger partial charge in [0.1, 0.15) is 5.54 Å². The number of aliphatic carboxylic acids is 1. The van der Waals surface area contributed by atoms with E-state index in [1.807, 2.05) is 0 Å². The minimum Gasteiger partial charge on any atom is -0.480 e. The smallest absolute Gasteiger partial charge is 0.323 e. The molecule has 2 unspecified atom stereocenters. The van der Waals surface area contributed by atoms with Crippen molar-refractivity contribution in [2.75, 3.05) is 5.75 Å². The third-order valence-electron chi connectivity index (χ3n) is 3.56. The topological polar surface area (TPSA) is 92.4 Å². The molecule has 1 amide bonds. The molecule has 2 rings (SSSR count). The zero-order chi connectivity index (χ0) is 13.2. The fourth-order valence-electron chi connectivity index (χ4n) is 2.28. The van der Waals surface area contributed by atoms with Gasteiger partial charge in [-0.05, 0) is 38.5 Å². The Balaban J connectivity index is 1.75. The molecule has 0 saturated heterocycles. The summed E-state index contributed by atoms with van der Waals surface area (Å²) in [5.74, 6) is -0.446. The number of carbonyl (C=O) groups excluding carboxylic acids is 1. The van der Waals surface area contributed by atoms with Gasteiger partial charge < -0.3 is 16.2 Å². The van der Waals surface area contributed by atoms with Crippen molar-refractivity contribution >= 4 is 23.6 Å². The van der Waals surface area contributed by atoms with E-state index in [1.54, 1.807) is 0 Å². The van der Waals surface area contributed by atoms with Crippen LogP contribution in [0.4, 0.5) is 0 Å². The summed E-state index contributed by atoms with van der Waals surface area (Å²) in [5.41, 5.74) is 4.78. The average Bonchev–Trinajstić information content (AvgIpc) is 3.10. The average molecular weight is 272 g/mol. The molecule has 0 aromatic heterocycles. The summed E-state index contributed by atoms with van der Waals surface area (Å²) in [6.45, 7) is 0. The van der Waals surface area contributed by atoms with E-state index in [4.69, 9.17) is 10.8 Å². The van der Waals surface area contributed by atoms with E-state index in [9.17, 15) is 9.59 Å². The minimum atomic E-state index is -1.09. The fraction of sp³-hybridized carbons (Fsp3) is 0.833. The predicted octanol–water partition coefficient (Wildman–Crippen LogP) is 0.723. The number of nitrogens with one attached hydrogen (secondary N) is 1. The van der Waals surface area contributed by atoms with Crippen LogP contribution >= 0.6 is 11.8 Å². The molecule has 0 aromatic rings. The van der Waals surface area contributed by atoms with Crippen LogP contribution < -0.4 is 11.1 Å². The Kier molecular flexibility index (Phi) is 4.17. The summed E-state index contributed by atoms with van der Waals surface area (Å²) in [4.78, 5) is 22.7. The Hall–Kier alpha value is -0.750. The van der Waals surface area contributed by atoms with E-state index in [1.165, 1.54) is 11.8 Å². The van der Waals surface area contributed by atoms with Gasteiger partial charge in [-0.1, -0.05) is 0 Å². The van der Waals surface area contributed by atoms with Crippen molar-refractivity contribution in [3.05, 3.63) is 0 Å². The van der Waals surface area contributed by atoms with Crippen molar-refractivity contribution in [2.45, 2.75) is 55.4 Å². The maximum Gasteiger partial charge on any atom is 0.323 e. The van der Waals surface area contributed by atoms with Crippen LogP contribution in [0.15, 0.2) is 0 Å². The quantitative estimate of drug-likeness (QED) is 0.686. The molecular formula is C12H20N2O3S. The highest BCUT2D eigenvalue weighted by Gasteiger charge is 2.39. The van der Waals surface area contributed by atoms with Gasteiger partial charge in [-0.2, -0.15) is 0 Å². The maximum atomic E-state index is 11.6. The molecule has 2 aliphatic rings. The molecule has 0 bridgehead atoms. The minimum absolute atomic E-state index is 0.0611. The van der Waals surface area contributed by atoms with E-state index in [0.717, 1.165) is 25.7 Å². The van der Waals surface area contributed by atoms with Gasteiger partial charge in [-0.15, -0.1) is 11.8 Å². The van der Waals surface area contributed by atoms with Gasteiger partial charge in [0.15, 0.2) is 0 Å². The first-order valence-corrected chi connectivity index (χ1v) is 7.48.